The van der Waals surface area contributed by atoms with E-state index in [2.05, 4.69) is 0 Å². The summed E-state index contributed by atoms with van der Waals surface area (Å²) in [5.41, 5.74) is 0. The molecule has 2 atom stereocenters. The van der Waals surface area contributed by atoms with Crippen LogP contribution in [-0.4, -0.2) is 42.3 Å². The van der Waals surface area contributed by atoms with Crippen molar-refractivity contribution in [1.82, 2.24) is 0 Å². The van der Waals surface area contributed by atoms with E-state index in [0.717, 1.165) is 12.8 Å². The van der Waals surface area contributed by atoms with Gasteiger partial charge < -0.3 is 10.2 Å². The molecule has 4 nitrogen and oxygen atoms in total. The summed E-state index contributed by atoms with van der Waals surface area (Å²) in [5, 5.41) is 17.5. The molecule has 2 N–H and O–H groups in total. The lowest BCUT2D eigenvalue weighted by Crippen LogP contribution is -2.39. The van der Waals surface area contributed by atoms with Crippen molar-refractivity contribution in [2.45, 2.75) is 31.1 Å². The second-order valence-electron chi connectivity index (χ2n) is 3.50. The normalized spacial score (nSPS) is 22.7. The Labute approximate surface area is 78.5 Å². The van der Waals surface area contributed by atoms with Gasteiger partial charge in [0.05, 0.1) is 12.7 Å². The first-order chi connectivity index (χ1) is 6.03. The van der Waals surface area contributed by atoms with Gasteiger partial charge in [-0.1, -0.05) is 6.92 Å². The van der Waals surface area contributed by atoms with Crippen LogP contribution in [0.4, 0.5) is 0 Å². The molecule has 13 heavy (non-hydrogen) atoms. The highest BCUT2D eigenvalue weighted by molar-refractivity contribution is 7.92. The number of aliphatic hydroxyl groups excluding tert-OH is 2. The first kappa shape index (κ1) is 10.9. The molecule has 0 spiro atoms. The van der Waals surface area contributed by atoms with Gasteiger partial charge >= 0.3 is 0 Å². The van der Waals surface area contributed by atoms with Crippen LogP contribution in [0.15, 0.2) is 0 Å². The topological polar surface area (TPSA) is 74.6 Å². The minimum absolute atomic E-state index is 0.0258. The number of rotatable bonds is 5. The van der Waals surface area contributed by atoms with E-state index >= 15 is 0 Å². The van der Waals surface area contributed by atoms with Crippen LogP contribution < -0.4 is 0 Å². The van der Waals surface area contributed by atoms with Crippen LogP contribution in [0.25, 0.3) is 0 Å². The van der Waals surface area contributed by atoms with Crippen LogP contribution >= 0.6 is 0 Å². The van der Waals surface area contributed by atoms with E-state index in [-0.39, 0.29) is 11.7 Å². The molecule has 78 valence electrons. The molecule has 0 radical (unpaired) electrons. The molecule has 0 amide bonds. The van der Waals surface area contributed by atoms with Crippen LogP contribution in [0.3, 0.4) is 0 Å². The summed E-state index contributed by atoms with van der Waals surface area (Å²) < 4.78 is 22.8. The SMILES string of the molecule is CCS(=O)(=O)[C@H](CO)[C@H](O)C1CC1. The predicted molar refractivity (Wildman–Crippen MR) is 49.1 cm³/mol. The van der Waals surface area contributed by atoms with Crippen molar-refractivity contribution in [2.75, 3.05) is 12.4 Å². The Kier molecular flexibility index (Phi) is 3.32. The minimum Gasteiger partial charge on any atom is -0.395 e. The number of sulfone groups is 1. The zero-order valence-electron chi connectivity index (χ0n) is 7.68. The van der Waals surface area contributed by atoms with Gasteiger partial charge in [-0.3, -0.25) is 0 Å². The van der Waals surface area contributed by atoms with Gasteiger partial charge in [0, 0.05) is 5.75 Å². The largest absolute Gasteiger partial charge is 0.395 e. The Morgan fingerprint density at radius 2 is 2.00 bits per heavy atom. The van der Waals surface area contributed by atoms with Gasteiger partial charge in [-0.2, -0.15) is 0 Å². The van der Waals surface area contributed by atoms with Gasteiger partial charge in [-0.15, -0.1) is 0 Å². The monoisotopic (exact) mass is 208 g/mol. The highest BCUT2D eigenvalue weighted by atomic mass is 32.2. The maximum atomic E-state index is 11.4. The van der Waals surface area contributed by atoms with E-state index in [0.29, 0.717) is 0 Å². The van der Waals surface area contributed by atoms with Gasteiger partial charge in [-0.25, -0.2) is 8.42 Å². The van der Waals surface area contributed by atoms with Crippen LogP contribution in [0, 0.1) is 5.92 Å². The molecular weight excluding hydrogens is 192 g/mol. The molecule has 0 aliphatic heterocycles. The molecule has 1 rings (SSSR count). The van der Waals surface area contributed by atoms with Gasteiger partial charge in [0.25, 0.3) is 0 Å². The van der Waals surface area contributed by atoms with Gasteiger partial charge in [0.1, 0.15) is 5.25 Å². The van der Waals surface area contributed by atoms with E-state index in [1.54, 1.807) is 0 Å². The fourth-order valence-corrected chi connectivity index (χ4v) is 2.69. The van der Waals surface area contributed by atoms with Gasteiger partial charge in [0.15, 0.2) is 9.84 Å². The molecule has 1 aliphatic rings. The average Bonchev–Trinajstić information content (AvgIpc) is 2.87. The zero-order valence-corrected chi connectivity index (χ0v) is 8.50. The molecule has 1 aliphatic carbocycles. The molecule has 0 aromatic carbocycles. The van der Waals surface area contributed by atoms with Crippen LogP contribution in [0.5, 0.6) is 0 Å². The molecule has 0 saturated heterocycles. The molecule has 0 unspecified atom stereocenters. The quantitative estimate of drug-likeness (QED) is 0.642. The summed E-state index contributed by atoms with van der Waals surface area (Å²) in [6, 6.07) is 0. The molecule has 1 fully saturated rings. The molecular formula is C8H16O4S. The third-order valence-electron chi connectivity index (χ3n) is 2.53. The second kappa shape index (κ2) is 3.94. The third-order valence-corrected chi connectivity index (χ3v) is 4.68. The van der Waals surface area contributed by atoms with Crippen LogP contribution in [0.2, 0.25) is 0 Å². The van der Waals surface area contributed by atoms with Crippen molar-refractivity contribution in [3.8, 4) is 0 Å². The van der Waals surface area contributed by atoms with Crippen molar-refractivity contribution in [1.29, 1.82) is 0 Å². The van der Waals surface area contributed by atoms with Crippen molar-refractivity contribution in [2.24, 2.45) is 5.92 Å². The molecule has 0 bridgehead atoms. The fraction of sp³-hybridized carbons (Fsp3) is 1.00. The predicted octanol–water partition coefficient (Wildman–Crippen LogP) is -0.447. The summed E-state index contributed by atoms with van der Waals surface area (Å²) >= 11 is 0. The lowest BCUT2D eigenvalue weighted by atomic mass is 10.2. The zero-order chi connectivity index (χ0) is 10.1. The second-order valence-corrected chi connectivity index (χ2v) is 6.01. The summed E-state index contributed by atoms with van der Waals surface area (Å²) in [6.45, 7) is 1.05. The molecule has 0 heterocycles. The smallest absolute Gasteiger partial charge is 0.157 e. The standard InChI is InChI=1S/C8H16O4S/c1-2-13(11,12)7(5-9)8(10)6-3-4-6/h6-10H,2-5H2,1H3/t7-,8-/m1/s1. The van der Waals surface area contributed by atoms with Crippen molar-refractivity contribution in [3.05, 3.63) is 0 Å². The van der Waals surface area contributed by atoms with E-state index in [1.165, 1.54) is 6.92 Å². The average molecular weight is 208 g/mol. The lowest BCUT2D eigenvalue weighted by molar-refractivity contribution is 0.117. The maximum absolute atomic E-state index is 11.4. The summed E-state index contributed by atoms with van der Waals surface area (Å²) in [7, 11) is -3.31. The Morgan fingerprint density at radius 1 is 1.46 bits per heavy atom. The van der Waals surface area contributed by atoms with Crippen molar-refractivity contribution >= 4 is 9.84 Å². The molecule has 0 aromatic heterocycles. The molecule has 5 heteroatoms. The fourth-order valence-electron chi connectivity index (χ4n) is 1.39. The Bertz CT molecular complexity index is 255. The Hall–Kier alpha value is -0.130. The Morgan fingerprint density at radius 3 is 2.31 bits per heavy atom. The number of aliphatic hydroxyl groups is 2. The third kappa shape index (κ3) is 2.42. The van der Waals surface area contributed by atoms with Gasteiger partial charge in [0.2, 0.25) is 0 Å². The van der Waals surface area contributed by atoms with Crippen LogP contribution in [-0.2, 0) is 9.84 Å². The number of hydrogen-bond acceptors (Lipinski definition) is 4. The lowest BCUT2D eigenvalue weighted by Gasteiger charge is -2.19. The molecule has 0 aromatic rings. The van der Waals surface area contributed by atoms with E-state index in [9.17, 15) is 13.5 Å². The first-order valence-corrected chi connectivity index (χ1v) is 6.25. The van der Waals surface area contributed by atoms with Crippen LogP contribution in [0.1, 0.15) is 19.8 Å². The molecule has 1 saturated carbocycles. The van der Waals surface area contributed by atoms with Crippen molar-refractivity contribution < 1.29 is 18.6 Å². The first-order valence-electron chi connectivity index (χ1n) is 4.53. The summed E-state index contributed by atoms with van der Waals surface area (Å²) in [6.07, 6.45) is 0.864. The highest BCUT2D eigenvalue weighted by Gasteiger charge is 2.40. The van der Waals surface area contributed by atoms with E-state index in [1.807, 2.05) is 0 Å². The number of hydrogen-bond donors (Lipinski definition) is 2. The Balaban J connectivity index is 2.71. The van der Waals surface area contributed by atoms with E-state index in [4.69, 9.17) is 5.11 Å². The summed E-state index contributed by atoms with van der Waals surface area (Å²) in [4.78, 5) is 0. The minimum atomic E-state index is -3.31. The van der Waals surface area contributed by atoms with Crippen molar-refractivity contribution in [3.63, 3.8) is 0 Å². The summed E-state index contributed by atoms with van der Waals surface area (Å²) in [5.74, 6) is 0.0561. The van der Waals surface area contributed by atoms with E-state index < -0.39 is 27.8 Å². The maximum Gasteiger partial charge on any atom is 0.157 e. The van der Waals surface area contributed by atoms with Gasteiger partial charge in [-0.05, 0) is 18.8 Å². The highest BCUT2D eigenvalue weighted by Crippen LogP contribution is 2.35.